The lowest BCUT2D eigenvalue weighted by Gasteiger charge is -2.24. The molecule has 0 saturated heterocycles. The van der Waals surface area contributed by atoms with E-state index in [4.69, 9.17) is 4.98 Å². The zero-order chi connectivity index (χ0) is 19.0. The molecule has 4 rings (SSSR count). The summed E-state index contributed by atoms with van der Waals surface area (Å²) in [7, 11) is -3.03. The number of aryl methyl sites for hydroxylation is 3. The molecule has 0 spiro atoms. The number of nitrogens with zero attached hydrogens (tertiary/aromatic N) is 1. The number of hydrogen-bond donors (Lipinski definition) is 0. The Morgan fingerprint density at radius 3 is 1.85 bits per heavy atom. The maximum absolute atomic E-state index is 14.7. The Kier molecular flexibility index (Phi) is 4.45. The SMILES string of the molecule is Cc1ccc2nc(C)c(P(=O)(c3ccccc3)c3ccccc3)c(C)c2c1. The van der Waals surface area contributed by atoms with Crippen LogP contribution in [0.15, 0.2) is 78.9 Å². The average Bonchev–Trinajstić information content (AvgIpc) is 2.70. The number of pyridine rings is 1. The van der Waals surface area contributed by atoms with Crippen molar-refractivity contribution in [3.8, 4) is 0 Å². The van der Waals surface area contributed by atoms with Crippen LogP contribution in [0.3, 0.4) is 0 Å². The molecule has 0 unspecified atom stereocenters. The van der Waals surface area contributed by atoms with E-state index in [2.05, 4.69) is 26.0 Å². The molecule has 2 nitrogen and oxygen atoms in total. The van der Waals surface area contributed by atoms with Gasteiger partial charge < -0.3 is 4.57 Å². The molecular weight excluding hydrogens is 349 g/mol. The Hall–Kier alpha value is -2.70. The third-order valence-electron chi connectivity index (χ3n) is 5.10. The summed E-state index contributed by atoms with van der Waals surface area (Å²) in [5, 5.41) is 3.62. The van der Waals surface area contributed by atoms with E-state index in [9.17, 15) is 4.57 Å². The normalized spacial score (nSPS) is 11.7. The summed E-state index contributed by atoms with van der Waals surface area (Å²) in [5.74, 6) is 0. The molecule has 4 aromatic rings. The maximum Gasteiger partial charge on any atom is 0.173 e. The molecule has 0 N–H and O–H groups in total. The molecule has 0 fully saturated rings. The van der Waals surface area contributed by atoms with Gasteiger partial charge in [0.25, 0.3) is 0 Å². The van der Waals surface area contributed by atoms with Crippen molar-refractivity contribution in [2.75, 3.05) is 0 Å². The fraction of sp³-hybridized carbons (Fsp3) is 0.125. The molecule has 0 aliphatic rings. The lowest BCUT2D eigenvalue weighted by atomic mass is 10.1. The molecule has 0 atom stereocenters. The second-order valence-corrected chi connectivity index (χ2v) is 9.67. The Morgan fingerprint density at radius 1 is 0.741 bits per heavy atom. The Labute approximate surface area is 160 Å². The number of fused-ring (bicyclic) bond motifs is 1. The second-order valence-electron chi connectivity index (χ2n) is 6.97. The van der Waals surface area contributed by atoms with Crippen LogP contribution in [0.2, 0.25) is 0 Å². The van der Waals surface area contributed by atoms with E-state index in [1.165, 1.54) is 5.56 Å². The number of rotatable bonds is 3. The van der Waals surface area contributed by atoms with Crippen LogP contribution in [-0.2, 0) is 4.57 Å². The Morgan fingerprint density at radius 2 is 1.30 bits per heavy atom. The highest BCUT2D eigenvalue weighted by atomic mass is 31.2. The molecule has 1 aromatic heterocycles. The first-order chi connectivity index (χ1) is 13.0. The molecule has 0 aliphatic carbocycles. The van der Waals surface area contributed by atoms with E-state index >= 15 is 0 Å². The van der Waals surface area contributed by atoms with Crippen molar-refractivity contribution in [1.82, 2.24) is 4.98 Å². The predicted octanol–water partition coefficient (Wildman–Crippen LogP) is 4.80. The summed E-state index contributed by atoms with van der Waals surface area (Å²) in [4.78, 5) is 4.82. The summed E-state index contributed by atoms with van der Waals surface area (Å²) >= 11 is 0. The highest BCUT2D eigenvalue weighted by Crippen LogP contribution is 2.45. The minimum Gasteiger partial charge on any atom is -0.309 e. The van der Waals surface area contributed by atoms with Crippen LogP contribution in [0.25, 0.3) is 10.9 Å². The Balaban J connectivity index is 2.13. The van der Waals surface area contributed by atoms with Crippen LogP contribution in [0.1, 0.15) is 16.8 Å². The highest BCUT2D eigenvalue weighted by Gasteiger charge is 2.33. The number of hydrogen-bond acceptors (Lipinski definition) is 2. The third kappa shape index (κ3) is 2.91. The lowest BCUT2D eigenvalue weighted by molar-refractivity contribution is 0.592. The fourth-order valence-corrected chi connectivity index (χ4v) is 6.92. The summed E-state index contributed by atoms with van der Waals surface area (Å²) in [5.41, 5.74) is 4.01. The van der Waals surface area contributed by atoms with Gasteiger partial charge in [-0.25, -0.2) is 0 Å². The van der Waals surface area contributed by atoms with Crippen LogP contribution in [0.5, 0.6) is 0 Å². The van der Waals surface area contributed by atoms with Crippen molar-refractivity contribution < 1.29 is 4.57 Å². The van der Waals surface area contributed by atoms with Gasteiger partial charge in [0.2, 0.25) is 0 Å². The van der Waals surface area contributed by atoms with E-state index < -0.39 is 7.14 Å². The average molecular weight is 371 g/mol. The molecule has 0 radical (unpaired) electrons. The summed E-state index contributed by atoms with van der Waals surface area (Å²) in [6.45, 7) is 6.12. The van der Waals surface area contributed by atoms with Crippen LogP contribution in [0, 0.1) is 20.8 Å². The van der Waals surface area contributed by atoms with E-state index in [1.807, 2.05) is 73.7 Å². The van der Waals surface area contributed by atoms with Gasteiger partial charge in [-0.3, -0.25) is 4.98 Å². The van der Waals surface area contributed by atoms with E-state index in [0.717, 1.165) is 38.1 Å². The van der Waals surface area contributed by atoms with Crippen LogP contribution in [-0.4, -0.2) is 4.98 Å². The second kappa shape index (κ2) is 6.79. The zero-order valence-electron chi connectivity index (χ0n) is 15.8. The zero-order valence-corrected chi connectivity index (χ0v) is 16.7. The topological polar surface area (TPSA) is 30.0 Å². The molecule has 3 aromatic carbocycles. The van der Waals surface area contributed by atoms with E-state index in [1.54, 1.807) is 0 Å². The summed E-state index contributed by atoms with van der Waals surface area (Å²) in [6, 6.07) is 25.8. The standard InChI is InChI=1S/C24H22NOP/c1-17-14-15-23-22(16-17)18(2)24(19(3)25-23)27(26,20-10-6-4-7-11-20)21-12-8-5-9-13-21/h4-16H,1-3H3. The van der Waals surface area contributed by atoms with Crippen molar-refractivity contribution in [2.45, 2.75) is 20.8 Å². The van der Waals surface area contributed by atoms with Gasteiger partial charge in [0.05, 0.1) is 5.52 Å². The highest BCUT2D eigenvalue weighted by molar-refractivity contribution is 7.85. The van der Waals surface area contributed by atoms with Crippen LogP contribution in [0.4, 0.5) is 0 Å². The molecule has 0 bridgehead atoms. The van der Waals surface area contributed by atoms with Gasteiger partial charge >= 0.3 is 0 Å². The summed E-state index contributed by atoms with van der Waals surface area (Å²) < 4.78 is 14.7. The van der Waals surface area contributed by atoms with E-state index in [-0.39, 0.29) is 0 Å². The van der Waals surface area contributed by atoms with Gasteiger partial charge in [-0.15, -0.1) is 0 Å². The minimum absolute atomic E-state index is 0.833. The smallest absolute Gasteiger partial charge is 0.173 e. The third-order valence-corrected chi connectivity index (χ3v) is 8.44. The first-order valence-electron chi connectivity index (χ1n) is 9.11. The van der Waals surface area contributed by atoms with Gasteiger partial charge in [0.15, 0.2) is 7.14 Å². The van der Waals surface area contributed by atoms with Gasteiger partial charge in [-0.2, -0.15) is 0 Å². The van der Waals surface area contributed by atoms with Gasteiger partial charge in [-0.05, 0) is 38.5 Å². The van der Waals surface area contributed by atoms with E-state index in [0.29, 0.717) is 0 Å². The minimum atomic E-state index is -3.03. The maximum atomic E-state index is 14.7. The molecule has 0 saturated carbocycles. The van der Waals surface area contributed by atoms with Crippen molar-refractivity contribution in [3.63, 3.8) is 0 Å². The molecule has 134 valence electrons. The molecule has 0 amide bonds. The van der Waals surface area contributed by atoms with Gasteiger partial charge in [0.1, 0.15) is 0 Å². The quantitative estimate of drug-likeness (QED) is 0.484. The van der Waals surface area contributed by atoms with Crippen molar-refractivity contribution in [1.29, 1.82) is 0 Å². The lowest BCUT2D eigenvalue weighted by Crippen LogP contribution is -2.29. The first-order valence-corrected chi connectivity index (χ1v) is 10.8. The number of benzene rings is 3. The number of aromatic nitrogens is 1. The van der Waals surface area contributed by atoms with Crippen molar-refractivity contribution >= 4 is 34.0 Å². The van der Waals surface area contributed by atoms with Gasteiger partial charge in [0, 0.05) is 27.0 Å². The van der Waals surface area contributed by atoms with Crippen LogP contribution < -0.4 is 15.9 Å². The molecular formula is C24H22NOP. The van der Waals surface area contributed by atoms with Gasteiger partial charge in [-0.1, -0.05) is 72.3 Å². The first kappa shape index (κ1) is 17.7. The molecule has 3 heteroatoms. The monoisotopic (exact) mass is 371 g/mol. The van der Waals surface area contributed by atoms with Crippen molar-refractivity contribution in [3.05, 3.63) is 95.7 Å². The molecule has 0 aliphatic heterocycles. The molecule has 27 heavy (non-hydrogen) atoms. The van der Waals surface area contributed by atoms with Crippen molar-refractivity contribution in [2.24, 2.45) is 0 Å². The fourth-order valence-electron chi connectivity index (χ4n) is 3.83. The molecule has 1 heterocycles. The predicted molar refractivity (Wildman–Crippen MR) is 115 cm³/mol. The van der Waals surface area contributed by atoms with Crippen LogP contribution >= 0.6 is 7.14 Å². The largest absolute Gasteiger partial charge is 0.309 e. The summed E-state index contributed by atoms with van der Waals surface area (Å²) in [6.07, 6.45) is 0. The Bertz CT molecular complexity index is 1120.